The highest BCUT2D eigenvalue weighted by Crippen LogP contribution is 2.33. The van der Waals surface area contributed by atoms with Crippen molar-refractivity contribution < 1.29 is 28.9 Å². The predicted octanol–water partition coefficient (Wildman–Crippen LogP) is 0.546. The van der Waals surface area contributed by atoms with Gasteiger partial charge in [0.15, 0.2) is 6.29 Å². The van der Waals surface area contributed by atoms with Crippen molar-refractivity contribution in [2.75, 3.05) is 32.1 Å². The van der Waals surface area contributed by atoms with Crippen molar-refractivity contribution in [1.29, 1.82) is 0 Å². The number of rotatable bonds is 4. The first-order valence-electron chi connectivity index (χ1n) is 9.96. The van der Waals surface area contributed by atoms with Gasteiger partial charge in [-0.3, -0.25) is 9.69 Å². The number of para-hydroxylation sites is 1. The monoisotopic (exact) mass is 405 g/mol. The van der Waals surface area contributed by atoms with E-state index in [-0.39, 0.29) is 11.9 Å². The summed E-state index contributed by atoms with van der Waals surface area (Å²) < 4.78 is 16.5. The van der Waals surface area contributed by atoms with Crippen LogP contribution in [0.1, 0.15) is 12.8 Å². The second kappa shape index (κ2) is 8.66. The first-order valence-corrected chi connectivity index (χ1v) is 9.96. The number of piperidine rings is 1. The molecule has 0 unspecified atom stereocenters. The molecule has 0 radical (unpaired) electrons. The maximum atomic E-state index is 12.4. The van der Waals surface area contributed by atoms with Crippen molar-refractivity contribution >= 4 is 17.7 Å². The van der Waals surface area contributed by atoms with Gasteiger partial charge in [0.2, 0.25) is 0 Å². The molecule has 9 heteroatoms. The maximum absolute atomic E-state index is 12.4. The summed E-state index contributed by atoms with van der Waals surface area (Å²) in [6, 6.07) is 7.70. The number of amides is 2. The lowest BCUT2D eigenvalue weighted by molar-refractivity contribution is -0.185. The van der Waals surface area contributed by atoms with Crippen LogP contribution in [0.3, 0.4) is 0 Å². The lowest BCUT2D eigenvalue weighted by atomic mass is 9.91. The molecule has 1 aromatic rings. The van der Waals surface area contributed by atoms with Gasteiger partial charge in [0, 0.05) is 5.69 Å². The summed E-state index contributed by atoms with van der Waals surface area (Å²) >= 11 is 0. The van der Waals surface area contributed by atoms with Gasteiger partial charge in [-0.25, -0.2) is 4.79 Å². The summed E-state index contributed by atoms with van der Waals surface area (Å²) in [5.41, 5.74) is 0.665. The number of hydrogen-bond acceptors (Lipinski definition) is 7. The summed E-state index contributed by atoms with van der Waals surface area (Å²) in [4.78, 5) is 26.3. The molecule has 158 valence electrons. The minimum absolute atomic E-state index is 0.124. The summed E-state index contributed by atoms with van der Waals surface area (Å²) in [6.07, 6.45) is -0.491. The van der Waals surface area contributed by atoms with Gasteiger partial charge in [-0.1, -0.05) is 18.2 Å². The average Bonchev–Trinajstić information content (AvgIpc) is 3.17. The van der Waals surface area contributed by atoms with Crippen LogP contribution in [0.15, 0.2) is 30.3 Å². The zero-order valence-corrected chi connectivity index (χ0v) is 16.3. The molecule has 29 heavy (non-hydrogen) atoms. The highest BCUT2D eigenvalue weighted by Gasteiger charge is 2.53. The molecule has 0 aliphatic carbocycles. The standard InChI is InChI=1S/C20H27N3O6/c1-27-18(25)12-7-9-23(10-8-12)16-17(24)15(14-11-28-19(16)29-14)22-20(26)21-13-5-3-2-4-6-13/h2-6,12,14-17,19,24H,7-11H2,1H3,(H2,21,22,26)/t14-,15-,16-,17+,19-/m1/s1. The molecule has 3 saturated heterocycles. The third-order valence-electron chi connectivity index (χ3n) is 5.95. The van der Waals surface area contributed by atoms with Crippen molar-refractivity contribution in [1.82, 2.24) is 10.2 Å². The molecule has 1 aromatic carbocycles. The highest BCUT2D eigenvalue weighted by molar-refractivity contribution is 5.89. The lowest BCUT2D eigenvalue weighted by Crippen LogP contribution is -2.66. The van der Waals surface area contributed by atoms with E-state index in [1.807, 2.05) is 18.2 Å². The molecule has 3 fully saturated rings. The normalized spacial score (nSPS) is 32.6. The Labute approximate surface area is 169 Å². The fourth-order valence-corrected chi connectivity index (χ4v) is 4.41. The zero-order chi connectivity index (χ0) is 20.4. The van der Waals surface area contributed by atoms with E-state index in [4.69, 9.17) is 14.2 Å². The first kappa shape index (κ1) is 20.1. The number of carbonyl (C=O) groups excluding carboxylic acids is 2. The number of esters is 1. The van der Waals surface area contributed by atoms with Gasteiger partial charge in [-0.15, -0.1) is 0 Å². The van der Waals surface area contributed by atoms with E-state index < -0.39 is 36.6 Å². The number of fused-ring (bicyclic) bond motifs is 2. The molecule has 0 aromatic heterocycles. The van der Waals surface area contributed by atoms with E-state index in [2.05, 4.69) is 15.5 Å². The highest BCUT2D eigenvalue weighted by atomic mass is 16.7. The number of hydrogen-bond donors (Lipinski definition) is 3. The third-order valence-corrected chi connectivity index (χ3v) is 5.95. The molecule has 3 N–H and O–H groups in total. The number of nitrogens with zero attached hydrogens (tertiary/aromatic N) is 1. The zero-order valence-electron chi connectivity index (χ0n) is 16.3. The second-order valence-electron chi connectivity index (χ2n) is 7.68. The molecule has 2 amide bonds. The number of aliphatic hydroxyl groups excluding tert-OH is 1. The van der Waals surface area contributed by atoms with Crippen LogP contribution in [-0.4, -0.2) is 79.4 Å². The van der Waals surface area contributed by atoms with Gasteiger partial charge in [0.25, 0.3) is 0 Å². The van der Waals surface area contributed by atoms with Crippen molar-refractivity contribution in [3.8, 4) is 0 Å². The summed E-state index contributed by atoms with van der Waals surface area (Å²) in [5, 5.41) is 16.7. The fourth-order valence-electron chi connectivity index (χ4n) is 4.41. The topological polar surface area (TPSA) is 109 Å². The van der Waals surface area contributed by atoms with E-state index in [1.165, 1.54) is 7.11 Å². The number of urea groups is 1. The smallest absolute Gasteiger partial charge is 0.319 e. The van der Waals surface area contributed by atoms with Gasteiger partial charge in [0.05, 0.1) is 37.8 Å². The van der Waals surface area contributed by atoms with E-state index in [0.717, 1.165) is 0 Å². The molecule has 2 bridgehead atoms. The Bertz CT molecular complexity index is 724. The van der Waals surface area contributed by atoms with Crippen molar-refractivity contribution in [3.05, 3.63) is 30.3 Å². The number of ether oxygens (including phenoxy) is 3. The Hall–Kier alpha value is -2.20. The largest absolute Gasteiger partial charge is 0.469 e. The SMILES string of the molecule is COC(=O)C1CCN([C@H]2[C@@H]3OC[C@@H](O3)[C@@H](NC(=O)Nc3ccccc3)[C@@H]2O)CC1. The molecule has 3 heterocycles. The molecule has 3 aliphatic heterocycles. The van der Waals surface area contributed by atoms with Crippen LogP contribution in [0.25, 0.3) is 0 Å². The molecular weight excluding hydrogens is 378 g/mol. The fraction of sp³-hybridized carbons (Fsp3) is 0.600. The van der Waals surface area contributed by atoms with E-state index in [0.29, 0.717) is 38.2 Å². The number of aliphatic hydroxyl groups is 1. The van der Waals surface area contributed by atoms with Gasteiger partial charge in [-0.05, 0) is 38.1 Å². The maximum Gasteiger partial charge on any atom is 0.319 e. The number of likely N-dealkylation sites (tertiary alicyclic amines) is 1. The number of carbonyl (C=O) groups is 2. The number of nitrogens with one attached hydrogen (secondary N) is 2. The van der Waals surface area contributed by atoms with E-state index in [1.54, 1.807) is 12.1 Å². The molecular formula is C20H27N3O6. The van der Waals surface area contributed by atoms with Crippen molar-refractivity contribution in [3.63, 3.8) is 0 Å². The van der Waals surface area contributed by atoms with Crippen LogP contribution in [-0.2, 0) is 19.0 Å². The van der Waals surface area contributed by atoms with E-state index >= 15 is 0 Å². The molecule has 0 spiro atoms. The number of methoxy groups -OCH3 is 1. The van der Waals surface area contributed by atoms with Crippen LogP contribution in [0.4, 0.5) is 10.5 Å². The molecule has 5 atom stereocenters. The average molecular weight is 405 g/mol. The van der Waals surface area contributed by atoms with Crippen LogP contribution in [0, 0.1) is 5.92 Å². The van der Waals surface area contributed by atoms with Gasteiger partial charge < -0.3 is 30.0 Å². The van der Waals surface area contributed by atoms with Crippen LogP contribution in [0.2, 0.25) is 0 Å². The Morgan fingerprint density at radius 3 is 2.62 bits per heavy atom. The van der Waals surface area contributed by atoms with Crippen molar-refractivity contribution in [2.24, 2.45) is 5.92 Å². The first-order chi connectivity index (χ1) is 14.1. The Kier molecular flexibility index (Phi) is 6.00. The minimum Gasteiger partial charge on any atom is -0.469 e. The van der Waals surface area contributed by atoms with Gasteiger partial charge in [-0.2, -0.15) is 0 Å². The van der Waals surface area contributed by atoms with Crippen LogP contribution < -0.4 is 10.6 Å². The minimum atomic E-state index is -0.850. The summed E-state index contributed by atoms with van der Waals surface area (Å²) in [6.45, 7) is 1.56. The van der Waals surface area contributed by atoms with E-state index in [9.17, 15) is 14.7 Å². The van der Waals surface area contributed by atoms with Crippen LogP contribution in [0.5, 0.6) is 0 Å². The number of anilines is 1. The third kappa shape index (κ3) is 4.23. The Balaban J connectivity index is 1.40. The van der Waals surface area contributed by atoms with Gasteiger partial charge >= 0.3 is 12.0 Å². The lowest BCUT2D eigenvalue weighted by Gasteiger charge is -2.45. The molecule has 3 aliphatic rings. The Morgan fingerprint density at radius 2 is 1.93 bits per heavy atom. The summed E-state index contributed by atoms with van der Waals surface area (Å²) in [5.74, 6) is -0.319. The Morgan fingerprint density at radius 1 is 1.21 bits per heavy atom. The molecule has 9 nitrogen and oxygen atoms in total. The van der Waals surface area contributed by atoms with Crippen molar-refractivity contribution in [2.45, 2.75) is 43.4 Å². The summed E-state index contributed by atoms with van der Waals surface area (Å²) in [7, 11) is 1.40. The quantitative estimate of drug-likeness (QED) is 0.628. The van der Waals surface area contributed by atoms with Crippen LogP contribution >= 0.6 is 0 Å². The predicted molar refractivity (Wildman–Crippen MR) is 103 cm³/mol. The molecule has 4 rings (SSSR count). The number of benzene rings is 1. The van der Waals surface area contributed by atoms with Gasteiger partial charge in [0.1, 0.15) is 6.10 Å². The second-order valence-corrected chi connectivity index (χ2v) is 7.68. The molecule has 0 saturated carbocycles.